The molecule has 5 heteroatoms. The Bertz CT molecular complexity index is 268. The molecule has 0 saturated carbocycles. The number of rotatable bonds is 5. The molecule has 0 aromatic carbocycles. The molecule has 0 aliphatic carbocycles. The number of anilines is 1. The van der Waals surface area contributed by atoms with Crippen molar-refractivity contribution >= 4 is 5.95 Å². The van der Waals surface area contributed by atoms with Crippen LogP contribution in [0.1, 0.15) is 44.9 Å². The van der Waals surface area contributed by atoms with Crippen molar-refractivity contribution < 1.29 is 0 Å². The molecule has 1 aromatic rings. The third-order valence-corrected chi connectivity index (χ3v) is 2.28. The summed E-state index contributed by atoms with van der Waals surface area (Å²) in [6.07, 6.45) is 3.23. The molecule has 0 radical (unpaired) electrons. The highest BCUT2D eigenvalue weighted by atomic mass is 15.3. The molecule has 0 saturated heterocycles. The minimum Gasteiger partial charge on any atom is -0.367 e. The van der Waals surface area contributed by atoms with Crippen molar-refractivity contribution in [3.05, 3.63) is 5.82 Å². The van der Waals surface area contributed by atoms with Gasteiger partial charge in [-0.15, -0.1) is 5.10 Å². The van der Waals surface area contributed by atoms with E-state index in [9.17, 15) is 0 Å². The lowest BCUT2D eigenvalue weighted by atomic mass is 10.0. The molecule has 0 fully saturated rings. The van der Waals surface area contributed by atoms with Gasteiger partial charge in [-0.3, -0.25) is 5.10 Å². The van der Waals surface area contributed by atoms with E-state index in [0.717, 1.165) is 25.1 Å². The molecule has 2 atom stereocenters. The lowest BCUT2D eigenvalue weighted by Gasteiger charge is -2.08. The van der Waals surface area contributed by atoms with Gasteiger partial charge in [0.05, 0.1) is 0 Å². The molecule has 0 amide bonds. The fraction of sp³-hybridized carbons (Fsp3) is 0.778. The number of aromatic amines is 1. The van der Waals surface area contributed by atoms with Crippen LogP contribution in [0.15, 0.2) is 0 Å². The number of aromatic nitrogens is 3. The monoisotopic (exact) mass is 197 g/mol. The normalized spacial score (nSPS) is 15.4. The van der Waals surface area contributed by atoms with E-state index >= 15 is 0 Å². The second-order valence-electron chi connectivity index (χ2n) is 3.89. The first-order valence-electron chi connectivity index (χ1n) is 5.03. The lowest BCUT2D eigenvalue weighted by molar-refractivity contribution is 0.544. The third kappa shape index (κ3) is 3.33. The summed E-state index contributed by atoms with van der Waals surface area (Å²) in [5.41, 5.74) is 11.1. The minimum absolute atomic E-state index is 0.280. The Morgan fingerprint density at radius 2 is 2.07 bits per heavy atom. The molecule has 1 heterocycles. The van der Waals surface area contributed by atoms with E-state index in [-0.39, 0.29) is 6.04 Å². The van der Waals surface area contributed by atoms with Gasteiger partial charge < -0.3 is 11.5 Å². The maximum atomic E-state index is 5.67. The number of nitrogen functional groups attached to an aromatic ring is 1. The number of nitrogens with zero attached hydrogens (tertiary/aromatic N) is 2. The zero-order valence-electron chi connectivity index (χ0n) is 8.83. The van der Waals surface area contributed by atoms with Crippen molar-refractivity contribution in [1.82, 2.24) is 15.2 Å². The molecule has 0 spiro atoms. The van der Waals surface area contributed by atoms with Gasteiger partial charge in [0, 0.05) is 12.0 Å². The molecule has 1 aromatic heterocycles. The van der Waals surface area contributed by atoms with E-state index in [4.69, 9.17) is 11.5 Å². The summed E-state index contributed by atoms with van der Waals surface area (Å²) in [6, 6.07) is 0.280. The maximum Gasteiger partial charge on any atom is 0.239 e. The highest BCUT2D eigenvalue weighted by Gasteiger charge is 2.09. The predicted molar refractivity (Wildman–Crippen MR) is 56.7 cm³/mol. The first-order chi connectivity index (χ1) is 6.59. The van der Waals surface area contributed by atoms with Gasteiger partial charge >= 0.3 is 0 Å². The van der Waals surface area contributed by atoms with Crippen molar-refractivity contribution in [2.45, 2.75) is 45.1 Å². The summed E-state index contributed by atoms with van der Waals surface area (Å²) in [5, 5.41) is 6.62. The van der Waals surface area contributed by atoms with Crippen LogP contribution in [0.3, 0.4) is 0 Å². The quantitative estimate of drug-likeness (QED) is 0.656. The van der Waals surface area contributed by atoms with Crippen molar-refractivity contribution in [1.29, 1.82) is 0 Å². The Labute approximate surface area is 84.3 Å². The average molecular weight is 197 g/mol. The SMILES string of the molecule is CC(N)CCCC(C)c1nc(N)n[nH]1. The topological polar surface area (TPSA) is 93.6 Å². The van der Waals surface area contributed by atoms with Gasteiger partial charge in [0.2, 0.25) is 5.95 Å². The molecule has 0 aliphatic rings. The highest BCUT2D eigenvalue weighted by molar-refractivity contribution is 5.14. The second kappa shape index (κ2) is 4.95. The molecule has 14 heavy (non-hydrogen) atoms. The van der Waals surface area contributed by atoms with Crippen LogP contribution in [0, 0.1) is 0 Å². The molecule has 0 bridgehead atoms. The van der Waals surface area contributed by atoms with Crippen LogP contribution in [0.4, 0.5) is 5.95 Å². The van der Waals surface area contributed by atoms with E-state index in [1.807, 2.05) is 6.92 Å². The van der Waals surface area contributed by atoms with Crippen LogP contribution in [0.25, 0.3) is 0 Å². The Hall–Kier alpha value is -1.10. The fourth-order valence-corrected chi connectivity index (χ4v) is 1.39. The van der Waals surface area contributed by atoms with Gasteiger partial charge in [0.15, 0.2) is 0 Å². The molecule has 5 nitrogen and oxygen atoms in total. The van der Waals surface area contributed by atoms with Crippen LogP contribution < -0.4 is 11.5 Å². The van der Waals surface area contributed by atoms with Gasteiger partial charge in [-0.25, -0.2) is 0 Å². The molecule has 1 rings (SSSR count). The van der Waals surface area contributed by atoms with Crippen molar-refractivity contribution in [3.8, 4) is 0 Å². The third-order valence-electron chi connectivity index (χ3n) is 2.28. The zero-order chi connectivity index (χ0) is 10.6. The summed E-state index contributed by atoms with van der Waals surface area (Å²) < 4.78 is 0. The van der Waals surface area contributed by atoms with Gasteiger partial charge in [-0.1, -0.05) is 13.3 Å². The smallest absolute Gasteiger partial charge is 0.239 e. The van der Waals surface area contributed by atoms with Crippen LogP contribution >= 0.6 is 0 Å². The summed E-state index contributed by atoms with van der Waals surface area (Å²) in [6.45, 7) is 4.14. The molecular weight excluding hydrogens is 178 g/mol. The summed E-state index contributed by atoms with van der Waals surface area (Å²) in [4.78, 5) is 4.09. The first kappa shape index (κ1) is 11.0. The van der Waals surface area contributed by atoms with Crippen LogP contribution in [-0.2, 0) is 0 Å². The minimum atomic E-state index is 0.280. The Morgan fingerprint density at radius 1 is 1.36 bits per heavy atom. The van der Waals surface area contributed by atoms with Gasteiger partial charge in [-0.05, 0) is 19.8 Å². The van der Waals surface area contributed by atoms with Crippen LogP contribution in [0.5, 0.6) is 0 Å². The molecule has 0 aliphatic heterocycles. The maximum absolute atomic E-state index is 5.67. The van der Waals surface area contributed by atoms with Gasteiger partial charge in [-0.2, -0.15) is 4.98 Å². The van der Waals surface area contributed by atoms with E-state index in [1.54, 1.807) is 0 Å². The lowest BCUT2D eigenvalue weighted by Crippen LogP contribution is -2.14. The van der Waals surface area contributed by atoms with Crippen molar-refractivity contribution in [3.63, 3.8) is 0 Å². The fourth-order valence-electron chi connectivity index (χ4n) is 1.39. The Kier molecular flexibility index (Phi) is 3.88. The summed E-state index contributed by atoms with van der Waals surface area (Å²) in [7, 11) is 0. The van der Waals surface area contributed by atoms with E-state index in [2.05, 4.69) is 22.1 Å². The number of hydrogen-bond acceptors (Lipinski definition) is 4. The van der Waals surface area contributed by atoms with Crippen LogP contribution in [-0.4, -0.2) is 21.2 Å². The first-order valence-corrected chi connectivity index (χ1v) is 5.03. The zero-order valence-corrected chi connectivity index (χ0v) is 8.83. The number of nitrogens with one attached hydrogen (secondary N) is 1. The average Bonchev–Trinajstić information content (AvgIpc) is 2.51. The molecular formula is C9H19N5. The number of nitrogens with two attached hydrogens (primary N) is 2. The molecule has 5 N–H and O–H groups in total. The summed E-state index contributed by atoms with van der Waals surface area (Å²) >= 11 is 0. The standard InChI is InChI=1S/C9H19N5/c1-6(4-3-5-7(2)10)8-12-9(11)14-13-8/h6-7H,3-5,10H2,1-2H3,(H3,11,12,13,14). The Balaban J connectivity index is 2.32. The molecule has 2 unspecified atom stereocenters. The van der Waals surface area contributed by atoms with Crippen LogP contribution in [0.2, 0.25) is 0 Å². The second-order valence-corrected chi connectivity index (χ2v) is 3.89. The van der Waals surface area contributed by atoms with Gasteiger partial charge in [0.1, 0.15) is 5.82 Å². The van der Waals surface area contributed by atoms with E-state index in [0.29, 0.717) is 11.9 Å². The number of hydrogen-bond donors (Lipinski definition) is 3. The van der Waals surface area contributed by atoms with Crippen molar-refractivity contribution in [2.24, 2.45) is 5.73 Å². The largest absolute Gasteiger partial charge is 0.367 e. The van der Waals surface area contributed by atoms with Gasteiger partial charge in [0.25, 0.3) is 0 Å². The number of H-pyrrole nitrogens is 1. The molecule has 80 valence electrons. The predicted octanol–water partition coefficient (Wildman–Crippen LogP) is 1.01. The van der Waals surface area contributed by atoms with Crippen molar-refractivity contribution in [2.75, 3.05) is 5.73 Å². The van der Waals surface area contributed by atoms with E-state index in [1.165, 1.54) is 0 Å². The summed E-state index contributed by atoms with van der Waals surface area (Å²) in [5.74, 6) is 1.56. The van der Waals surface area contributed by atoms with E-state index < -0.39 is 0 Å². The highest BCUT2D eigenvalue weighted by Crippen LogP contribution is 2.18. The Morgan fingerprint density at radius 3 is 2.57 bits per heavy atom.